The van der Waals surface area contributed by atoms with Crippen molar-refractivity contribution in [2.45, 2.75) is 19.6 Å². The minimum atomic E-state index is -4.67. The van der Waals surface area contributed by atoms with E-state index in [4.69, 9.17) is 17.3 Å². The van der Waals surface area contributed by atoms with Crippen LogP contribution in [0.3, 0.4) is 0 Å². The van der Waals surface area contributed by atoms with Gasteiger partial charge in [-0.1, -0.05) is 11.6 Å². The Morgan fingerprint density at radius 3 is 2.68 bits per heavy atom. The molecule has 0 radical (unpaired) electrons. The topological polar surface area (TPSA) is 162 Å². The number of hydrogen-bond acceptors (Lipinski definition) is 7. The second-order valence-corrected chi connectivity index (χ2v) is 8.50. The molecule has 4 aromatic heterocycles. The number of anilines is 1. The van der Waals surface area contributed by atoms with Gasteiger partial charge >= 0.3 is 6.18 Å². The van der Waals surface area contributed by atoms with Crippen LogP contribution in [0.2, 0.25) is 5.02 Å². The van der Waals surface area contributed by atoms with E-state index in [0.29, 0.717) is 22.7 Å². The van der Waals surface area contributed by atoms with Crippen LogP contribution in [0.5, 0.6) is 0 Å². The van der Waals surface area contributed by atoms with Crippen molar-refractivity contribution in [3.63, 3.8) is 0 Å². The van der Waals surface area contributed by atoms with Crippen LogP contribution in [0.4, 0.5) is 18.9 Å². The fourth-order valence-electron chi connectivity index (χ4n) is 3.83. The van der Waals surface area contributed by atoms with Crippen LogP contribution < -0.4 is 11.1 Å². The molecule has 0 fully saturated rings. The van der Waals surface area contributed by atoms with Gasteiger partial charge in [0.25, 0.3) is 11.8 Å². The molecule has 5 aromatic rings. The first-order valence-corrected chi connectivity index (χ1v) is 11.2. The molecule has 16 heteroatoms. The van der Waals surface area contributed by atoms with E-state index < -0.39 is 23.7 Å². The van der Waals surface area contributed by atoms with Crippen LogP contribution in [0, 0.1) is 6.92 Å². The molecule has 2 amide bonds. The Morgan fingerprint density at radius 2 is 2.00 bits per heavy atom. The van der Waals surface area contributed by atoms with Gasteiger partial charge in [0, 0.05) is 11.6 Å². The molecule has 0 aliphatic carbocycles. The van der Waals surface area contributed by atoms with Crippen molar-refractivity contribution in [3.05, 3.63) is 76.1 Å². The maximum absolute atomic E-state index is 13.5. The van der Waals surface area contributed by atoms with Crippen molar-refractivity contribution < 1.29 is 22.8 Å². The maximum atomic E-state index is 13.5. The maximum Gasteiger partial charge on any atom is 0.436 e. The number of rotatable bonds is 6. The SMILES string of the molecule is Cc1cc2cn[nH]c2c(C(N)=O)c1NC(=O)c1cc(Cn2ncc(C(F)(F)F)n2)nn1-c1ncccc1Cl. The number of nitrogens with two attached hydrogens (primary N) is 1. The van der Waals surface area contributed by atoms with Crippen molar-refractivity contribution in [1.82, 2.24) is 40.0 Å². The number of halogens is 4. The van der Waals surface area contributed by atoms with Crippen molar-refractivity contribution in [1.29, 1.82) is 0 Å². The molecule has 12 nitrogen and oxygen atoms in total. The van der Waals surface area contributed by atoms with Crippen LogP contribution in [-0.2, 0) is 12.7 Å². The van der Waals surface area contributed by atoms with Gasteiger partial charge < -0.3 is 11.1 Å². The molecule has 0 atom stereocenters. The van der Waals surface area contributed by atoms with Gasteiger partial charge in [0.15, 0.2) is 11.5 Å². The Kier molecular flexibility index (Phi) is 6.06. The van der Waals surface area contributed by atoms with Crippen molar-refractivity contribution in [3.8, 4) is 5.82 Å². The third kappa shape index (κ3) is 4.54. The Hall–Kier alpha value is -4.79. The number of alkyl halides is 3. The molecule has 38 heavy (non-hydrogen) atoms. The largest absolute Gasteiger partial charge is 0.436 e. The van der Waals surface area contributed by atoms with Gasteiger partial charge in [-0.2, -0.15) is 33.3 Å². The number of nitrogens with one attached hydrogen (secondary N) is 2. The first-order chi connectivity index (χ1) is 18.0. The van der Waals surface area contributed by atoms with E-state index in [1.165, 1.54) is 24.5 Å². The van der Waals surface area contributed by atoms with E-state index in [-0.39, 0.29) is 40.0 Å². The summed E-state index contributed by atoms with van der Waals surface area (Å²) in [6.07, 6.45) is -1.15. The molecule has 0 unspecified atom stereocenters. The number of aromatic amines is 1. The van der Waals surface area contributed by atoms with Gasteiger partial charge in [0.1, 0.15) is 12.2 Å². The zero-order valence-electron chi connectivity index (χ0n) is 19.3. The smallest absolute Gasteiger partial charge is 0.365 e. The first kappa shape index (κ1) is 24.9. The summed E-state index contributed by atoms with van der Waals surface area (Å²) in [6.45, 7) is 1.38. The fourth-order valence-corrected chi connectivity index (χ4v) is 4.03. The summed E-state index contributed by atoms with van der Waals surface area (Å²) in [5, 5.41) is 21.4. The van der Waals surface area contributed by atoms with E-state index in [1.54, 1.807) is 19.1 Å². The lowest BCUT2D eigenvalue weighted by Gasteiger charge is -2.14. The second-order valence-electron chi connectivity index (χ2n) is 8.10. The lowest BCUT2D eigenvalue weighted by Crippen LogP contribution is -2.22. The van der Waals surface area contributed by atoms with Gasteiger partial charge in [-0.25, -0.2) is 9.67 Å². The molecule has 194 valence electrons. The predicted molar refractivity (Wildman–Crippen MR) is 128 cm³/mol. The fraction of sp³-hybridized carbons (Fsp3) is 0.136. The number of pyridine rings is 1. The second kappa shape index (κ2) is 9.26. The van der Waals surface area contributed by atoms with Crippen molar-refractivity contribution in [2.75, 3.05) is 5.32 Å². The number of carbonyl (C=O) groups is 2. The average Bonchev–Trinajstić information content (AvgIpc) is 3.59. The lowest BCUT2D eigenvalue weighted by atomic mass is 10.0. The zero-order chi connectivity index (χ0) is 27.2. The van der Waals surface area contributed by atoms with Crippen molar-refractivity contribution in [2.24, 2.45) is 5.73 Å². The highest BCUT2D eigenvalue weighted by atomic mass is 35.5. The summed E-state index contributed by atoms with van der Waals surface area (Å²) in [5.74, 6) is -1.43. The van der Waals surface area contributed by atoms with Gasteiger partial charge in [-0.05, 0) is 36.8 Å². The predicted octanol–water partition coefficient (Wildman–Crippen LogP) is 3.12. The summed E-state index contributed by atoms with van der Waals surface area (Å²) in [5.41, 5.74) is 5.52. The van der Waals surface area contributed by atoms with E-state index in [2.05, 4.69) is 35.8 Å². The Labute approximate surface area is 215 Å². The molecule has 1 aromatic carbocycles. The number of carbonyl (C=O) groups excluding carboxylic acids is 2. The molecule has 0 spiro atoms. The summed E-state index contributed by atoms with van der Waals surface area (Å²) < 4.78 is 39.9. The number of aromatic nitrogens is 8. The molecule has 0 aliphatic heterocycles. The summed E-state index contributed by atoms with van der Waals surface area (Å²) in [4.78, 5) is 30.8. The lowest BCUT2D eigenvalue weighted by molar-refractivity contribution is -0.141. The van der Waals surface area contributed by atoms with Crippen LogP contribution in [0.25, 0.3) is 16.7 Å². The zero-order valence-corrected chi connectivity index (χ0v) is 20.0. The van der Waals surface area contributed by atoms with Gasteiger partial charge in [-0.3, -0.25) is 14.7 Å². The number of fused-ring (bicyclic) bond motifs is 1. The highest BCUT2D eigenvalue weighted by Gasteiger charge is 2.34. The molecule has 5 rings (SSSR count). The normalized spacial score (nSPS) is 11.7. The highest BCUT2D eigenvalue weighted by molar-refractivity contribution is 6.32. The number of benzene rings is 1. The van der Waals surface area contributed by atoms with Crippen molar-refractivity contribution >= 4 is 40.0 Å². The van der Waals surface area contributed by atoms with Gasteiger partial charge in [0.05, 0.1) is 39.9 Å². The summed E-state index contributed by atoms with van der Waals surface area (Å²) in [6, 6.07) is 6.13. The third-order valence-corrected chi connectivity index (χ3v) is 5.78. The standard InChI is InChI=1S/C22H16ClF3N10O2/c1-10-5-11-7-29-32-18(11)16(19(27)37)17(10)31-21(38)14-6-12(9-35-30-8-15(34-35)22(24,25)26)33-36(14)20-13(23)3-2-4-28-20/h2-8H,9H2,1H3,(H2,27,37)(H,29,32)(H,31,38). The quantitative estimate of drug-likeness (QED) is 0.296. The monoisotopic (exact) mass is 544 g/mol. The van der Waals surface area contributed by atoms with Crippen LogP contribution >= 0.6 is 11.6 Å². The molecule has 0 saturated carbocycles. The van der Waals surface area contributed by atoms with Crippen LogP contribution in [-0.4, -0.2) is 51.8 Å². The van der Waals surface area contributed by atoms with Gasteiger partial charge in [-0.15, -0.1) is 5.10 Å². The minimum absolute atomic E-state index is 0.0217. The number of nitrogens with zero attached hydrogens (tertiary/aromatic N) is 7. The Bertz CT molecular complexity index is 1710. The Morgan fingerprint density at radius 1 is 1.21 bits per heavy atom. The average molecular weight is 545 g/mol. The molecule has 0 aliphatic rings. The molecular weight excluding hydrogens is 529 g/mol. The minimum Gasteiger partial charge on any atom is -0.365 e. The molecule has 4 heterocycles. The molecule has 4 N–H and O–H groups in total. The first-order valence-electron chi connectivity index (χ1n) is 10.8. The third-order valence-electron chi connectivity index (χ3n) is 5.48. The molecular formula is C22H16ClF3N10O2. The van der Waals surface area contributed by atoms with E-state index in [9.17, 15) is 22.8 Å². The van der Waals surface area contributed by atoms with Crippen LogP contribution in [0.1, 0.15) is 37.8 Å². The number of hydrogen-bond donors (Lipinski definition) is 3. The number of amides is 2. The summed E-state index contributed by atoms with van der Waals surface area (Å²) >= 11 is 6.28. The molecule has 0 saturated heterocycles. The summed E-state index contributed by atoms with van der Waals surface area (Å²) in [7, 11) is 0. The Balaban J connectivity index is 1.56. The highest BCUT2D eigenvalue weighted by Crippen LogP contribution is 2.30. The molecule has 0 bridgehead atoms. The van der Waals surface area contributed by atoms with E-state index in [1.807, 2.05) is 0 Å². The number of primary amides is 1. The van der Waals surface area contributed by atoms with Gasteiger partial charge in [0.2, 0.25) is 0 Å². The number of aryl methyl sites for hydroxylation is 1. The van der Waals surface area contributed by atoms with E-state index in [0.717, 1.165) is 9.48 Å². The van der Waals surface area contributed by atoms with E-state index >= 15 is 0 Å². The van der Waals surface area contributed by atoms with Crippen LogP contribution in [0.15, 0.2) is 42.9 Å². The number of H-pyrrole nitrogens is 1.